The molecular formula is C28H41N3O4. The highest BCUT2D eigenvalue weighted by Gasteiger charge is 2.37. The summed E-state index contributed by atoms with van der Waals surface area (Å²) in [6.45, 7) is 15.3. The zero-order valence-electron chi connectivity index (χ0n) is 22.0. The normalized spacial score (nSPS) is 13.5. The number of amides is 3. The van der Waals surface area contributed by atoms with E-state index >= 15 is 0 Å². The van der Waals surface area contributed by atoms with Crippen LogP contribution in [0.2, 0.25) is 0 Å². The van der Waals surface area contributed by atoms with Crippen molar-refractivity contribution < 1.29 is 19.1 Å². The van der Waals surface area contributed by atoms with Crippen LogP contribution < -0.4 is 10.6 Å². The predicted octanol–water partition coefficient (Wildman–Crippen LogP) is 5.04. The summed E-state index contributed by atoms with van der Waals surface area (Å²) in [6, 6.07) is 7.53. The molecule has 35 heavy (non-hydrogen) atoms. The lowest BCUT2D eigenvalue weighted by Gasteiger charge is -2.32. The van der Waals surface area contributed by atoms with Crippen molar-refractivity contribution in [3.05, 3.63) is 42.0 Å². The maximum Gasteiger partial charge on any atom is 0.408 e. The van der Waals surface area contributed by atoms with Gasteiger partial charge in [0.25, 0.3) is 5.91 Å². The lowest BCUT2D eigenvalue weighted by molar-refractivity contribution is -0.139. The van der Waals surface area contributed by atoms with E-state index in [-0.39, 0.29) is 11.8 Å². The molecule has 7 nitrogen and oxygen atoms in total. The van der Waals surface area contributed by atoms with E-state index in [2.05, 4.69) is 30.2 Å². The average molecular weight is 484 g/mol. The van der Waals surface area contributed by atoms with E-state index in [4.69, 9.17) is 11.2 Å². The van der Waals surface area contributed by atoms with Crippen LogP contribution in [0.5, 0.6) is 0 Å². The number of terminal acetylenes is 1. The third kappa shape index (κ3) is 9.48. The number of nitrogens with one attached hydrogen (secondary N) is 2. The number of benzene rings is 1. The van der Waals surface area contributed by atoms with Crippen molar-refractivity contribution in [2.75, 3.05) is 6.54 Å². The highest BCUT2D eigenvalue weighted by molar-refractivity contribution is 5.93. The van der Waals surface area contributed by atoms with Gasteiger partial charge < -0.3 is 15.4 Å². The molecule has 3 atom stereocenters. The Morgan fingerprint density at radius 1 is 1.23 bits per heavy atom. The third-order valence-corrected chi connectivity index (χ3v) is 5.58. The van der Waals surface area contributed by atoms with Crippen molar-refractivity contribution >= 4 is 24.0 Å². The van der Waals surface area contributed by atoms with Gasteiger partial charge in [-0.3, -0.25) is 14.5 Å². The van der Waals surface area contributed by atoms with Gasteiger partial charge in [0.15, 0.2) is 0 Å². The quantitative estimate of drug-likeness (QED) is 0.248. The first-order chi connectivity index (χ1) is 16.5. The van der Waals surface area contributed by atoms with Crippen molar-refractivity contribution in [1.82, 2.24) is 15.5 Å². The minimum absolute atomic E-state index is 0.251. The third-order valence-electron chi connectivity index (χ3n) is 5.58. The van der Waals surface area contributed by atoms with Crippen LogP contribution in [0.3, 0.4) is 0 Å². The van der Waals surface area contributed by atoms with Crippen LogP contribution in [0.1, 0.15) is 84.4 Å². The van der Waals surface area contributed by atoms with E-state index in [0.29, 0.717) is 18.5 Å². The Balaban J connectivity index is 3.37. The summed E-state index contributed by atoms with van der Waals surface area (Å²) in [7, 11) is 0. The molecule has 0 saturated carbocycles. The molecule has 0 bridgehead atoms. The molecule has 3 amide bonds. The Morgan fingerprint density at radius 3 is 2.46 bits per heavy atom. The average Bonchev–Trinajstić information content (AvgIpc) is 2.81. The number of unbranched alkanes of at least 4 members (excludes halogenated alkanes) is 2. The van der Waals surface area contributed by atoms with Crippen LogP contribution in [-0.4, -0.2) is 41.0 Å². The minimum Gasteiger partial charge on any atom is -0.444 e. The molecule has 0 heterocycles. The van der Waals surface area contributed by atoms with Gasteiger partial charge in [-0.25, -0.2) is 4.79 Å². The fourth-order valence-corrected chi connectivity index (χ4v) is 3.49. The summed E-state index contributed by atoms with van der Waals surface area (Å²) in [5.41, 5.74) is 0.619. The van der Waals surface area contributed by atoms with Gasteiger partial charge >= 0.3 is 6.09 Å². The summed E-state index contributed by atoms with van der Waals surface area (Å²) in [4.78, 5) is 40.7. The van der Waals surface area contributed by atoms with Crippen molar-refractivity contribution in [1.29, 1.82) is 0 Å². The summed E-state index contributed by atoms with van der Waals surface area (Å²) < 4.78 is 5.36. The fourth-order valence-electron chi connectivity index (χ4n) is 3.49. The number of rotatable bonds is 12. The van der Waals surface area contributed by atoms with Gasteiger partial charge in [-0.1, -0.05) is 77.3 Å². The van der Waals surface area contributed by atoms with Gasteiger partial charge in [0, 0.05) is 12.6 Å². The van der Waals surface area contributed by atoms with Crippen LogP contribution in [-0.2, 0) is 14.3 Å². The summed E-state index contributed by atoms with van der Waals surface area (Å²) in [5, 5.41) is 5.58. The first kappa shape index (κ1) is 29.8. The molecule has 2 N–H and O–H groups in total. The second kappa shape index (κ2) is 14.2. The van der Waals surface area contributed by atoms with Gasteiger partial charge in [-0.05, 0) is 50.3 Å². The van der Waals surface area contributed by atoms with Crippen LogP contribution in [0.4, 0.5) is 4.79 Å². The molecule has 0 aromatic heterocycles. The first-order valence-electron chi connectivity index (χ1n) is 12.3. The molecular weight excluding hydrogens is 442 g/mol. The Kier molecular flexibility index (Phi) is 12.1. The smallest absolute Gasteiger partial charge is 0.408 e. The molecule has 0 fully saturated rings. The lowest BCUT2D eigenvalue weighted by atomic mass is 9.95. The van der Waals surface area contributed by atoms with Gasteiger partial charge in [0.1, 0.15) is 17.7 Å². The molecule has 0 aliphatic heterocycles. The van der Waals surface area contributed by atoms with Crippen LogP contribution in [0, 0.1) is 18.4 Å². The number of hydrogen-bond acceptors (Lipinski definition) is 4. The largest absolute Gasteiger partial charge is 0.444 e. The molecule has 0 aliphatic rings. The first-order valence-corrected chi connectivity index (χ1v) is 12.3. The predicted molar refractivity (Wildman–Crippen MR) is 140 cm³/mol. The molecule has 1 aromatic rings. The lowest BCUT2D eigenvalue weighted by Crippen LogP contribution is -2.54. The Morgan fingerprint density at radius 2 is 1.91 bits per heavy atom. The van der Waals surface area contributed by atoms with Crippen molar-refractivity contribution in [2.45, 2.75) is 84.9 Å². The van der Waals surface area contributed by atoms with E-state index in [0.717, 1.165) is 29.7 Å². The molecule has 0 radical (unpaired) electrons. The fraction of sp³-hybridized carbons (Fsp3) is 0.536. The second-order valence-electron chi connectivity index (χ2n) is 9.62. The highest BCUT2D eigenvalue weighted by atomic mass is 16.6. The zero-order chi connectivity index (χ0) is 26.6. The Labute approximate surface area is 210 Å². The van der Waals surface area contributed by atoms with Crippen LogP contribution in [0.25, 0.3) is 6.08 Å². The highest BCUT2D eigenvalue weighted by Crippen LogP contribution is 2.25. The van der Waals surface area contributed by atoms with E-state index in [9.17, 15) is 14.4 Å². The molecule has 0 spiro atoms. The Bertz CT molecular complexity index is 914. The van der Waals surface area contributed by atoms with E-state index < -0.39 is 29.7 Å². The molecule has 1 aromatic carbocycles. The van der Waals surface area contributed by atoms with E-state index in [1.165, 1.54) is 0 Å². The SMILES string of the molecule is C#CN(C(=O)C(NC(=O)OC(C)(C)C)C(C)CC)C(C(=O)NCCCCC)c1cccc(C=C)c1. The molecule has 192 valence electrons. The minimum atomic E-state index is -1.07. The van der Waals surface area contributed by atoms with Gasteiger partial charge in [-0.2, -0.15) is 0 Å². The van der Waals surface area contributed by atoms with E-state index in [1.807, 2.05) is 19.9 Å². The standard InChI is InChI=1S/C28H41N3O4/c1-9-13-14-18-29-25(32)24(22-17-15-16-21(11-3)19-22)31(12-4)26(33)23(20(5)10-2)30-27(34)35-28(6,7)8/h4,11,15-17,19-20,23-24H,3,9-10,13-14,18H2,1-2,5-8H3,(H,29,32)(H,30,34). The molecule has 7 heteroatoms. The maximum absolute atomic E-state index is 13.7. The number of ether oxygens (including phenoxy) is 1. The number of hydrogen-bond donors (Lipinski definition) is 2. The number of carbonyl (C=O) groups is 3. The van der Waals surface area contributed by atoms with Crippen LogP contribution >= 0.6 is 0 Å². The van der Waals surface area contributed by atoms with Gasteiger partial charge in [0.05, 0.1) is 0 Å². The van der Waals surface area contributed by atoms with Gasteiger partial charge in [0.2, 0.25) is 5.91 Å². The Hall–Kier alpha value is -3.27. The molecule has 1 rings (SSSR count). The number of alkyl carbamates (subject to hydrolysis) is 1. The topological polar surface area (TPSA) is 87.7 Å². The van der Waals surface area contributed by atoms with Crippen molar-refractivity contribution in [2.24, 2.45) is 5.92 Å². The molecule has 0 saturated heterocycles. The monoisotopic (exact) mass is 483 g/mol. The summed E-state index contributed by atoms with van der Waals surface area (Å²) >= 11 is 0. The molecule has 3 unspecified atom stereocenters. The van der Waals surface area contributed by atoms with Gasteiger partial charge in [-0.15, -0.1) is 0 Å². The van der Waals surface area contributed by atoms with E-state index in [1.54, 1.807) is 45.0 Å². The van der Waals surface area contributed by atoms with Crippen molar-refractivity contribution in [3.63, 3.8) is 0 Å². The summed E-state index contributed by atoms with van der Waals surface area (Å²) in [6.07, 6.45) is 10.2. The number of nitrogens with zero attached hydrogens (tertiary/aromatic N) is 1. The van der Waals surface area contributed by atoms with Crippen molar-refractivity contribution in [3.8, 4) is 12.5 Å². The zero-order valence-corrected chi connectivity index (χ0v) is 22.0. The maximum atomic E-state index is 13.7. The summed E-state index contributed by atoms with van der Waals surface area (Å²) in [5.74, 6) is -1.18. The van der Waals surface area contributed by atoms with Crippen LogP contribution in [0.15, 0.2) is 30.8 Å². The number of carbonyl (C=O) groups excluding carboxylic acids is 3. The second-order valence-corrected chi connectivity index (χ2v) is 9.62. The molecule has 0 aliphatic carbocycles.